The van der Waals surface area contributed by atoms with E-state index in [0.717, 1.165) is 5.56 Å². The van der Waals surface area contributed by atoms with Crippen LogP contribution in [0.15, 0.2) is 30.7 Å². The van der Waals surface area contributed by atoms with Crippen molar-refractivity contribution in [2.24, 2.45) is 13.0 Å². The molecule has 2 aromatic rings. The fourth-order valence-electron chi connectivity index (χ4n) is 2.15. The van der Waals surface area contributed by atoms with Gasteiger partial charge in [-0.15, -0.1) is 0 Å². The Hall–Kier alpha value is -2.37. The smallest absolute Gasteiger partial charge is 0.276 e. The zero-order valence-electron chi connectivity index (χ0n) is 12.5. The number of pyridine rings is 1. The van der Waals surface area contributed by atoms with Crippen molar-refractivity contribution in [1.29, 1.82) is 0 Å². The molecule has 0 radical (unpaired) electrons. The number of aromatic hydroxyl groups is 1. The van der Waals surface area contributed by atoms with Gasteiger partial charge in [0.15, 0.2) is 5.69 Å². The summed E-state index contributed by atoms with van der Waals surface area (Å²) >= 11 is 0. The minimum atomic E-state index is -0.273. The number of aromatic nitrogens is 3. The highest BCUT2D eigenvalue weighted by molar-refractivity contribution is 5.94. The fourth-order valence-corrected chi connectivity index (χ4v) is 2.15. The molecule has 0 fully saturated rings. The molecule has 1 amide bonds. The van der Waals surface area contributed by atoms with Gasteiger partial charge in [0.05, 0.1) is 6.20 Å². The fraction of sp³-hybridized carbons (Fsp3) is 0.400. The van der Waals surface area contributed by atoms with Gasteiger partial charge >= 0.3 is 0 Å². The first-order valence-corrected chi connectivity index (χ1v) is 6.88. The van der Waals surface area contributed by atoms with E-state index in [2.05, 4.69) is 10.1 Å². The lowest BCUT2D eigenvalue weighted by Crippen LogP contribution is -2.34. The van der Waals surface area contributed by atoms with Gasteiger partial charge in [-0.25, -0.2) is 4.98 Å². The molecule has 0 saturated heterocycles. The Labute approximate surface area is 124 Å². The van der Waals surface area contributed by atoms with E-state index in [9.17, 15) is 9.90 Å². The van der Waals surface area contributed by atoms with Crippen molar-refractivity contribution in [2.45, 2.75) is 20.4 Å². The number of hydrogen-bond donors (Lipinski definition) is 1. The number of aryl methyl sites for hydroxylation is 1. The number of amides is 1. The summed E-state index contributed by atoms with van der Waals surface area (Å²) in [5.74, 6) is -0.0513. The first kappa shape index (κ1) is 15.0. The van der Waals surface area contributed by atoms with Crippen LogP contribution in [0.25, 0.3) is 0 Å². The average Bonchev–Trinajstić information content (AvgIpc) is 2.83. The summed E-state index contributed by atoms with van der Waals surface area (Å²) in [5.41, 5.74) is 1.03. The molecule has 2 rings (SSSR count). The Balaban J connectivity index is 2.23. The SMILES string of the molecule is CC(C)CN(Cc1cnn(C)c1)C(=O)c1ncccc1O. The van der Waals surface area contributed by atoms with Crippen LogP contribution in [0.2, 0.25) is 0 Å². The summed E-state index contributed by atoms with van der Waals surface area (Å²) in [6.07, 6.45) is 5.11. The van der Waals surface area contributed by atoms with E-state index in [4.69, 9.17) is 0 Å². The molecule has 0 aliphatic heterocycles. The lowest BCUT2D eigenvalue weighted by molar-refractivity contribution is 0.0713. The van der Waals surface area contributed by atoms with Gasteiger partial charge in [-0.05, 0) is 18.1 Å². The van der Waals surface area contributed by atoms with E-state index >= 15 is 0 Å². The van der Waals surface area contributed by atoms with Crippen LogP contribution < -0.4 is 0 Å². The molecular formula is C15H20N4O2. The van der Waals surface area contributed by atoms with E-state index < -0.39 is 0 Å². The van der Waals surface area contributed by atoms with Gasteiger partial charge < -0.3 is 10.0 Å². The molecule has 0 atom stereocenters. The predicted octanol–water partition coefficient (Wildman–Crippen LogP) is 1.82. The molecule has 2 aromatic heterocycles. The van der Waals surface area contributed by atoms with Crippen LogP contribution in [-0.2, 0) is 13.6 Å². The van der Waals surface area contributed by atoms with Crippen molar-refractivity contribution in [2.75, 3.05) is 6.54 Å². The summed E-state index contributed by atoms with van der Waals surface area (Å²) in [6.45, 7) is 5.12. The van der Waals surface area contributed by atoms with E-state index in [0.29, 0.717) is 19.0 Å². The number of rotatable bonds is 5. The topological polar surface area (TPSA) is 71.2 Å². The Bertz CT molecular complexity index is 622. The lowest BCUT2D eigenvalue weighted by atomic mass is 10.1. The van der Waals surface area contributed by atoms with Crippen molar-refractivity contribution < 1.29 is 9.90 Å². The van der Waals surface area contributed by atoms with Crippen LogP contribution in [0.4, 0.5) is 0 Å². The van der Waals surface area contributed by atoms with Crippen LogP contribution in [-0.4, -0.2) is 37.2 Å². The van der Waals surface area contributed by atoms with Gasteiger partial charge in [-0.2, -0.15) is 5.10 Å². The van der Waals surface area contributed by atoms with Crippen LogP contribution in [0, 0.1) is 5.92 Å². The van der Waals surface area contributed by atoms with Gasteiger partial charge in [0.25, 0.3) is 5.91 Å². The quantitative estimate of drug-likeness (QED) is 0.911. The molecule has 112 valence electrons. The number of hydrogen-bond acceptors (Lipinski definition) is 4. The second-order valence-electron chi connectivity index (χ2n) is 5.47. The monoisotopic (exact) mass is 288 g/mol. The molecule has 0 aromatic carbocycles. The zero-order chi connectivity index (χ0) is 15.4. The van der Waals surface area contributed by atoms with Gasteiger partial charge in [-0.1, -0.05) is 13.8 Å². The Kier molecular flexibility index (Phi) is 4.57. The third kappa shape index (κ3) is 3.81. The molecule has 1 N–H and O–H groups in total. The number of carbonyl (C=O) groups is 1. The minimum Gasteiger partial charge on any atom is -0.505 e. The molecule has 6 nitrogen and oxygen atoms in total. The van der Waals surface area contributed by atoms with Crippen LogP contribution in [0.5, 0.6) is 5.75 Å². The van der Waals surface area contributed by atoms with Gasteiger partial charge in [0.2, 0.25) is 0 Å². The predicted molar refractivity (Wildman–Crippen MR) is 78.7 cm³/mol. The molecule has 21 heavy (non-hydrogen) atoms. The van der Waals surface area contributed by atoms with Crippen molar-refractivity contribution >= 4 is 5.91 Å². The van der Waals surface area contributed by atoms with Crippen LogP contribution >= 0.6 is 0 Å². The third-order valence-electron chi connectivity index (χ3n) is 2.99. The van der Waals surface area contributed by atoms with Crippen molar-refractivity contribution in [3.8, 4) is 5.75 Å². The summed E-state index contributed by atoms with van der Waals surface area (Å²) in [4.78, 5) is 18.3. The second-order valence-corrected chi connectivity index (χ2v) is 5.47. The maximum Gasteiger partial charge on any atom is 0.276 e. The normalized spacial score (nSPS) is 10.9. The van der Waals surface area contributed by atoms with E-state index in [-0.39, 0.29) is 17.4 Å². The molecule has 0 saturated carbocycles. The van der Waals surface area contributed by atoms with E-state index in [1.54, 1.807) is 21.8 Å². The zero-order valence-corrected chi connectivity index (χ0v) is 12.5. The first-order chi connectivity index (χ1) is 9.97. The van der Waals surface area contributed by atoms with Crippen molar-refractivity contribution in [3.63, 3.8) is 0 Å². The molecule has 0 aliphatic rings. The summed E-state index contributed by atoms with van der Waals surface area (Å²) in [5, 5.41) is 13.9. The molecule has 6 heteroatoms. The minimum absolute atomic E-state index is 0.0852. The highest BCUT2D eigenvalue weighted by Crippen LogP contribution is 2.17. The molecule has 0 aliphatic carbocycles. The third-order valence-corrected chi connectivity index (χ3v) is 2.99. The van der Waals surface area contributed by atoms with Crippen LogP contribution in [0.3, 0.4) is 0 Å². The van der Waals surface area contributed by atoms with Crippen LogP contribution in [0.1, 0.15) is 29.9 Å². The van der Waals surface area contributed by atoms with Gasteiger partial charge in [0, 0.05) is 38.1 Å². The van der Waals surface area contributed by atoms with Crippen molar-refractivity contribution in [3.05, 3.63) is 42.0 Å². The lowest BCUT2D eigenvalue weighted by Gasteiger charge is -2.24. The molecule has 0 spiro atoms. The molecule has 0 unspecified atom stereocenters. The maximum absolute atomic E-state index is 12.6. The second kappa shape index (κ2) is 6.39. The van der Waals surface area contributed by atoms with E-state index in [1.807, 2.05) is 27.1 Å². The maximum atomic E-state index is 12.6. The molecule has 0 bridgehead atoms. The Morgan fingerprint density at radius 2 is 2.24 bits per heavy atom. The average molecular weight is 288 g/mol. The summed E-state index contributed by atoms with van der Waals surface area (Å²) in [7, 11) is 1.84. The van der Waals surface area contributed by atoms with E-state index in [1.165, 1.54) is 12.3 Å². The largest absolute Gasteiger partial charge is 0.505 e. The van der Waals surface area contributed by atoms with Crippen molar-refractivity contribution in [1.82, 2.24) is 19.7 Å². The van der Waals surface area contributed by atoms with Gasteiger partial charge in [0.1, 0.15) is 5.75 Å². The summed E-state index contributed by atoms with van der Waals surface area (Å²) < 4.78 is 1.70. The summed E-state index contributed by atoms with van der Waals surface area (Å²) in [6, 6.07) is 3.07. The standard InChI is InChI=1S/C15H20N4O2/c1-11(2)8-19(10-12-7-17-18(3)9-12)15(21)14-13(20)5-4-6-16-14/h4-7,9,11,20H,8,10H2,1-3H3. The van der Waals surface area contributed by atoms with Gasteiger partial charge in [-0.3, -0.25) is 9.48 Å². The highest BCUT2D eigenvalue weighted by atomic mass is 16.3. The first-order valence-electron chi connectivity index (χ1n) is 6.88. The Morgan fingerprint density at radius 3 is 2.81 bits per heavy atom. The number of nitrogens with zero attached hydrogens (tertiary/aromatic N) is 4. The molecular weight excluding hydrogens is 268 g/mol. The Morgan fingerprint density at radius 1 is 1.48 bits per heavy atom. The highest BCUT2D eigenvalue weighted by Gasteiger charge is 2.21. The molecule has 2 heterocycles. The number of carbonyl (C=O) groups excluding carboxylic acids is 1.